The minimum atomic E-state index is -5.74. The lowest BCUT2D eigenvalue weighted by Gasteiger charge is -2.56. The highest BCUT2D eigenvalue weighted by Crippen LogP contribution is 2.66. The lowest BCUT2D eigenvalue weighted by atomic mass is 9.54. The second kappa shape index (κ2) is 17.3. The third-order valence-electron chi connectivity index (χ3n) is 9.06. The molecule has 51 heavy (non-hydrogen) atoms. The summed E-state index contributed by atoms with van der Waals surface area (Å²) in [4.78, 5) is 62.9. The van der Waals surface area contributed by atoms with Crippen LogP contribution in [0.25, 0.3) is 0 Å². The van der Waals surface area contributed by atoms with Crippen LogP contribution >= 0.6 is 23.5 Å². The largest absolute Gasteiger partial charge is 0.490 e. The standard InChI is InChI=1S/C28H43N2O18P3/c31-23-13-25(46-24(23)18-45-50(37,38)48-51(39,40)47-49(34,35)36)30-17-22(26(32)29-27(30)33)2-1-3-41-4-5-42-6-7-43-8-9-44-28-14-19-10-20(15-28)12-21(11-19)16-28/h17,19-21,23-25,31H,3-16,18H2,(H,37,38)(H,39,40)(H,29,32,33)(H2,34,35,36)/t19?,20?,21?,23-,24+,25+,28?/m0/s1. The molecule has 23 heteroatoms. The zero-order valence-electron chi connectivity index (χ0n) is 27.5. The van der Waals surface area contributed by atoms with Crippen LogP contribution in [-0.4, -0.2) is 105 Å². The van der Waals surface area contributed by atoms with Crippen molar-refractivity contribution in [2.75, 3.05) is 52.9 Å². The second-order valence-corrected chi connectivity index (χ2v) is 17.5. The highest BCUT2D eigenvalue weighted by atomic mass is 31.3. The van der Waals surface area contributed by atoms with Gasteiger partial charge in [-0.15, -0.1) is 0 Å². The molecule has 1 aromatic rings. The van der Waals surface area contributed by atoms with Crippen LogP contribution in [0.3, 0.4) is 0 Å². The van der Waals surface area contributed by atoms with Gasteiger partial charge in [0.05, 0.1) is 58.0 Å². The Morgan fingerprint density at radius 2 is 1.43 bits per heavy atom. The summed E-state index contributed by atoms with van der Waals surface area (Å²) in [6.07, 6.45) is 4.55. The van der Waals surface area contributed by atoms with E-state index in [1.807, 2.05) is 0 Å². The molecule has 0 amide bonds. The molecule has 288 valence electrons. The zero-order valence-corrected chi connectivity index (χ0v) is 30.2. The lowest BCUT2D eigenvalue weighted by Crippen LogP contribution is -2.52. The molecule has 0 radical (unpaired) electrons. The number of H-pyrrole nitrogens is 1. The quantitative estimate of drug-likeness (QED) is 0.0645. The predicted molar refractivity (Wildman–Crippen MR) is 172 cm³/mol. The van der Waals surface area contributed by atoms with Gasteiger partial charge in [0.25, 0.3) is 5.56 Å². The average Bonchev–Trinajstić information content (AvgIpc) is 3.36. The molecule has 2 unspecified atom stereocenters. The van der Waals surface area contributed by atoms with Crippen molar-refractivity contribution in [3.8, 4) is 11.8 Å². The topological polar surface area (TPSA) is 281 Å². The van der Waals surface area contributed by atoms with Gasteiger partial charge >= 0.3 is 29.2 Å². The molecule has 4 saturated carbocycles. The van der Waals surface area contributed by atoms with Crippen LogP contribution in [0.4, 0.5) is 0 Å². The Balaban J connectivity index is 0.967. The maximum Gasteiger partial charge on any atom is 0.490 e. The van der Waals surface area contributed by atoms with Gasteiger partial charge < -0.3 is 48.4 Å². The Bertz CT molecular complexity index is 1650. The molecule has 5 atom stereocenters. The number of phosphoric ester groups is 1. The molecule has 6 rings (SSSR count). The van der Waals surface area contributed by atoms with E-state index in [-0.39, 0.29) is 30.8 Å². The van der Waals surface area contributed by atoms with Crippen LogP contribution < -0.4 is 11.2 Å². The molecule has 1 aliphatic heterocycles. The number of nitrogens with zero attached hydrogens (tertiary/aromatic N) is 1. The van der Waals surface area contributed by atoms with Gasteiger partial charge in [0, 0.05) is 12.6 Å². The smallest absolute Gasteiger partial charge is 0.390 e. The number of hydrogen-bond acceptors (Lipinski definition) is 14. The van der Waals surface area contributed by atoms with Crippen molar-refractivity contribution >= 4 is 23.5 Å². The van der Waals surface area contributed by atoms with Crippen molar-refractivity contribution in [2.45, 2.75) is 69.0 Å². The first-order valence-electron chi connectivity index (χ1n) is 16.3. The molecule has 20 nitrogen and oxygen atoms in total. The first-order valence-corrected chi connectivity index (χ1v) is 20.9. The SMILES string of the molecule is O=c1[nH]c(=O)n([C@H]2C[C@H](O)[C@@H](COP(=O)(O)OP(=O)(O)OP(=O)(O)O)O2)cc1C#CCOCCOCCOCCOC12CC3CC(CC(C3)C1)C2. The predicted octanol–water partition coefficient (Wildman–Crippen LogP) is 0.915. The molecular weight excluding hydrogens is 745 g/mol. The fourth-order valence-electron chi connectivity index (χ4n) is 7.51. The summed E-state index contributed by atoms with van der Waals surface area (Å²) in [5.74, 6) is 7.75. The Labute approximate surface area is 292 Å². The molecule has 4 bridgehead atoms. The van der Waals surface area contributed by atoms with Gasteiger partial charge in [-0.1, -0.05) is 11.8 Å². The van der Waals surface area contributed by atoms with E-state index in [1.54, 1.807) is 0 Å². The van der Waals surface area contributed by atoms with E-state index in [4.69, 9.17) is 33.5 Å². The van der Waals surface area contributed by atoms with E-state index in [0.717, 1.165) is 28.5 Å². The van der Waals surface area contributed by atoms with Crippen molar-refractivity contribution in [1.82, 2.24) is 9.55 Å². The van der Waals surface area contributed by atoms with Crippen LogP contribution in [0.1, 0.15) is 56.7 Å². The highest BCUT2D eigenvalue weighted by molar-refractivity contribution is 7.66. The van der Waals surface area contributed by atoms with Crippen LogP contribution in [0.5, 0.6) is 0 Å². The third kappa shape index (κ3) is 12.2. The number of aliphatic hydroxyl groups excluding tert-OH is 1. The zero-order chi connectivity index (χ0) is 36.9. The molecule has 0 spiro atoms. The van der Waals surface area contributed by atoms with Gasteiger partial charge in [0.1, 0.15) is 24.5 Å². The number of rotatable bonds is 19. The number of phosphoric acid groups is 3. The minimum absolute atomic E-state index is 0.0542. The molecule has 5 fully saturated rings. The number of hydrogen-bond donors (Lipinski definition) is 6. The molecule has 1 saturated heterocycles. The van der Waals surface area contributed by atoms with E-state index in [9.17, 15) is 38.2 Å². The first-order chi connectivity index (χ1) is 24.0. The van der Waals surface area contributed by atoms with Crippen LogP contribution in [0.15, 0.2) is 15.8 Å². The van der Waals surface area contributed by atoms with E-state index in [1.165, 1.54) is 38.5 Å². The van der Waals surface area contributed by atoms with Gasteiger partial charge in [0.15, 0.2) is 0 Å². The van der Waals surface area contributed by atoms with Crippen molar-refractivity contribution in [2.24, 2.45) is 17.8 Å². The Morgan fingerprint density at radius 1 is 0.843 bits per heavy atom. The molecule has 0 aromatic carbocycles. The van der Waals surface area contributed by atoms with Crippen LogP contribution in [-0.2, 0) is 50.5 Å². The normalized spacial score (nSPS) is 30.8. The fraction of sp³-hybridized carbons (Fsp3) is 0.786. The van der Waals surface area contributed by atoms with E-state index in [0.29, 0.717) is 33.0 Å². The number of aromatic nitrogens is 2. The second-order valence-electron chi connectivity index (χ2n) is 13.1. The van der Waals surface area contributed by atoms with Gasteiger partial charge in [-0.25, -0.2) is 18.5 Å². The summed E-state index contributed by atoms with van der Waals surface area (Å²) >= 11 is 0. The van der Waals surface area contributed by atoms with E-state index < -0.39 is 59.8 Å². The van der Waals surface area contributed by atoms with E-state index >= 15 is 0 Å². The molecular formula is C28H43N2O18P3. The Kier molecular flexibility index (Phi) is 13.7. The molecule has 6 N–H and O–H groups in total. The monoisotopic (exact) mass is 788 g/mol. The number of nitrogens with one attached hydrogen (secondary N) is 1. The van der Waals surface area contributed by atoms with Gasteiger partial charge in [-0.2, -0.15) is 8.62 Å². The highest BCUT2D eigenvalue weighted by Gasteiger charge is 2.51. The van der Waals surface area contributed by atoms with Gasteiger partial charge in [-0.3, -0.25) is 18.9 Å². The molecule has 2 heterocycles. The number of aromatic amines is 1. The molecule has 5 aliphatic rings. The van der Waals surface area contributed by atoms with Crippen molar-refractivity contribution in [3.63, 3.8) is 0 Å². The Hall–Kier alpha value is -1.59. The summed E-state index contributed by atoms with van der Waals surface area (Å²) in [6.45, 7) is 1.47. The van der Waals surface area contributed by atoms with Gasteiger partial charge in [0.2, 0.25) is 0 Å². The summed E-state index contributed by atoms with van der Waals surface area (Å²) in [7, 11) is -16.8. The molecule has 4 aliphatic carbocycles. The summed E-state index contributed by atoms with van der Waals surface area (Å²) in [5, 5.41) is 10.3. The van der Waals surface area contributed by atoms with Crippen LogP contribution in [0.2, 0.25) is 0 Å². The van der Waals surface area contributed by atoms with E-state index in [2.05, 4.69) is 30.0 Å². The maximum absolute atomic E-state index is 12.4. The summed E-state index contributed by atoms with van der Waals surface area (Å²) in [6, 6.07) is 0. The van der Waals surface area contributed by atoms with Crippen molar-refractivity contribution < 1.29 is 75.2 Å². The maximum atomic E-state index is 12.4. The summed E-state index contributed by atoms with van der Waals surface area (Å²) in [5.41, 5.74) is -1.76. The van der Waals surface area contributed by atoms with Crippen molar-refractivity contribution in [1.29, 1.82) is 0 Å². The van der Waals surface area contributed by atoms with Gasteiger partial charge in [-0.05, 0) is 56.3 Å². The fourth-order valence-corrected chi connectivity index (χ4v) is 10.5. The first kappa shape index (κ1) is 40.6. The number of ether oxygens (including phenoxy) is 5. The Morgan fingerprint density at radius 3 is 2.04 bits per heavy atom. The van der Waals surface area contributed by atoms with Crippen molar-refractivity contribution in [3.05, 3.63) is 32.6 Å². The average molecular weight is 789 g/mol. The third-order valence-corrected chi connectivity index (χ3v) is 12.9. The summed E-state index contributed by atoms with van der Waals surface area (Å²) < 4.78 is 75.3. The molecule has 1 aromatic heterocycles. The van der Waals surface area contributed by atoms with Crippen LogP contribution in [0, 0.1) is 29.6 Å². The number of aliphatic hydroxyl groups is 1. The minimum Gasteiger partial charge on any atom is -0.390 e. The lowest BCUT2D eigenvalue weighted by molar-refractivity contribution is -0.169.